The smallest absolute Gasteiger partial charge is 0.407 e. The largest absolute Gasteiger partial charge is 0.468 e. The number of carbonyl (C=O) groups excluding carboxylic acids is 2. The molecule has 0 bridgehead atoms. The summed E-state index contributed by atoms with van der Waals surface area (Å²) in [5, 5.41) is 6.32. The maximum atomic E-state index is 11.9. The van der Waals surface area contributed by atoms with Crippen LogP contribution in [0.1, 0.15) is 60.3 Å². The second-order valence-electron chi connectivity index (χ2n) is 7.62. The molecule has 0 spiro atoms. The first-order valence-corrected chi connectivity index (χ1v) is 8.45. The molecule has 134 valence electrons. The number of hydrogen-bond donors (Lipinski definition) is 2. The minimum atomic E-state index is -0.496. The van der Waals surface area contributed by atoms with Crippen molar-refractivity contribution < 1.29 is 19.1 Å². The van der Waals surface area contributed by atoms with E-state index in [0.717, 1.165) is 25.7 Å². The van der Waals surface area contributed by atoms with Gasteiger partial charge in [-0.2, -0.15) is 0 Å². The lowest BCUT2D eigenvalue weighted by molar-refractivity contribution is -0.144. The van der Waals surface area contributed by atoms with Crippen molar-refractivity contribution in [2.45, 2.75) is 84.0 Å². The quantitative estimate of drug-likeness (QED) is 0.759. The molecule has 6 heteroatoms. The number of rotatable bonds is 5. The topological polar surface area (TPSA) is 76.7 Å². The van der Waals surface area contributed by atoms with Crippen LogP contribution in [0.15, 0.2) is 0 Å². The number of esters is 1. The van der Waals surface area contributed by atoms with Crippen molar-refractivity contribution in [3.63, 3.8) is 0 Å². The lowest BCUT2D eigenvalue weighted by Crippen LogP contribution is -2.51. The highest BCUT2D eigenvalue weighted by Gasteiger charge is 2.30. The highest BCUT2D eigenvalue weighted by atomic mass is 16.6. The summed E-state index contributed by atoms with van der Waals surface area (Å²) in [6.07, 6.45) is 3.34. The Morgan fingerprint density at radius 3 is 2.26 bits per heavy atom. The molecule has 0 heterocycles. The van der Waals surface area contributed by atoms with Gasteiger partial charge in [0.2, 0.25) is 0 Å². The standard InChI is InChI=1S/C17H32N2O4/c1-11(2)14(15(20)22-6)18-12-8-7-9-13(10-12)19-16(21)23-17(3,4)5/h11-14,18H,7-10H2,1-6H3,(H,19,21). The molecule has 1 aliphatic carbocycles. The molecule has 1 rings (SSSR count). The molecule has 0 radical (unpaired) electrons. The van der Waals surface area contributed by atoms with Gasteiger partial charge in [0, 0.05) is 12.1 Å². The van der Waals surface area contributed by atoms with Crippen LogP contribution in [0.2, 0.25) is 0 Å². The molecule has 0 saturated heterocycles. The second-order valence-corrected chi connectivity index (χ2v) is 7.62. The van der Waals surface area contributed by atoms with E-state index in [0.29, 0.717) is 0 Å². The molecule has 3 unspecified atom stereocenters. The molecule has 0 aliphatic heterocycles. The molecule has 0 aromatic heterocycles. The van der Waals surface area contributed by atoms with Crippen molar-refractivity contribution in [2.75, 3.05) is 7.11 Å². The summed E-state index contributed by atoms with van der Waals surface area (Å²) >= 11 is 0. The van der Waals surface area contributed by atoms with E-state index in [1.165, 1.54) is 7.11 Å². The number of nitrogens with one attached hydrogen (secondary N) is 2. The average Bonchev–Trinajstić information content (AvgIpc) is 2.41. The average molecular weight is 328 g/mol. The summed E-state index contributed by atoms with van der Waals surface area (Å²) in [7, 11) is 1.41. The van der Waals surface area contributed by atoms with Gasteiger partial charge < -0.3 is 20.1 Å². The number of hydrogen-bond acceptors (Lipinski definition) is 5. The van der Waals surface area contributed by atoms with Gasteiger partial charge in [-0.15, -0.1) is 0 Å². The van der Waals surface area contributed by atoms with Crippen molar-refractivity contribution >= 4 is 12.1 Å². The van der Waals surface area contributed by atoms with E-state index in [9.17, 15) is 9.59 Å². The first-order chi connectivity index (χ1) is 10.6. The fourth-order valence-electron chi connectivity index (χ4n) is 2.86. The van der Waals surface area contributed by atoms with Gasteiger partial charge in [-0.3, -0.25) is 4.79 Å². The Hall–Kier alpha value is -1.30. The van der Waals surface area contributed by atoms with Crippen LogP contribution in [-0.2, 0) is 14.3 Å². The van der Waals surface area contributed by atoms with Gasteiger partial charge in [-0.25, -0.2) is 4.79 Å². The Kier molecular flexibility index (Phi) is 7.32. The predicted octanol–water partition coefficient (Wildman–Crippen LogP) is 2.61. The van der Waals surface area contributed by atoms with Crippen molar-refractivity contribution in [1.29, 1.82) is 0 Å². The fraction of sp³-hybridized carbons (Fsp3) is 0.882. The Morgan fingerprint density at radius 1 is 1.13 bits per heavy atom. The molecular formula is C17H32N2O4. The lowest BCUT2D eigenvalue weighted by atomic mass is 9.89. The Bertz CT molecular complexity index is 404. The van der Waals surface area contributed by atoms with Gasteiger partial charge in [0.1, 0.15) is 11.6 Å². The fourth-order valence-corrected chi connectivity index (χ4v) is 2.86. The van der Waals surface area contributed by atoms with Crippen LogP contribution in [0.25, 0.3) is 0 Å². The number of alkyl carbamates (subject to hydrolysis) is 1. The number of amides is 1. The summed E-state index contributed by atoms with van der Waals surface area (Å²) < 4.78 is 10.2. The van der Waals surface area contributed by atoms with E-state index >= 15 is 0 Å². The lowest BCUT2D eigenvalue weighted by Gasteiger charge is -2.33. The summed E-state index contributed by atoms with van der Waals surface area (Å²) in [6.45, 7) is 9.53. The minimum Gasteiger partial charge on any atom is -0.468 e. The van der Waals surface area contributed by atoms with Gasteiger partial charge in [-0.1, -0.05) is 13.8 Å². The van der Waals surface area contributed by atoms with Crippen LogP contribution in [-0.4, -0.2) is 42.9 Å². The number of methoxy groups -OCH3 is 1. The monoisotopic (exact) mass is 328 g/mol. The zero-order valence-corrected chi connectivity index (χ0v) is 15.3. The zero-order chi connectivity index (χ0) is 17.6. The highest BCUT2D eigenvalue weighted by Crippen LogP contribution is 2.21. The third-order valence-corrected chi connectivity index (χ3v) is 3.93. The van der Waals surface area contributed by atoms with Gasteiger partial charge in [0.05, 0.1) is 7.11 Å². The van der Waals surface area contributed by atoms with Crippen molar-refractivity contribution in [3.05, 3.63) is 0 Å². The minimum absolute atomic E-state index is 0.0709. The maximum Gasteiger partial charge on any atom is 0.407 e. The van der Waals surface area contributed by atoms with Crippen molar-refractivity contribution in [2.24, 2.45) is 5.92 Å². The molecule has 0 aromatic carbocycles. The molecular weight excluding hydrogens is 296 g/mol. The molecule has 1 amide bonds. The Labute approximate surface area is 139 Å². The number of ether oxygens (including phenoxy) is 2. The summed E-state index contributed by atoms with van der Waals surface area (Å²) in [5.74, 6) is -0.0798. The molecule has 1 fully saturated rings. The summed E-state index contributed by atoms with van der Waals surface area (Å²) in [4.78, 5) is 23.8. The Morgan fingerprint density at radius 2 is 1.74 bits per heavy atom. The third-order valence-electron chi connectivity index (χ3n) is 3.93. The normalized spacial score (nSPS) is 23.3. The van der Waals surface area contributed by atoms with Crippen LogP contribution < -0.4 is 10.6 Å². The van der Waals surface area contributed by atoms with Crippen LogP contribution in [0.4, 0.5) is 4.79 Å². The van der Waals surface area contributed by atoms with E-state index in [1.54, 1.807) is 0 Å². The third kappa shape index (κ3) is 7.20. The second kappa shape index (κ2) is 8.52. The predicted molar refractivity (Wildman–Crippen MR) is 89.2 cm³/mol. The van der Waals surface area contributed by atoms with Crippen LogP contribution >= 0.6 is 0 Å². The van der Waals surface area contributed by atoms with Gasteiger partial charge in [0.15, 0.2) is 0 Å². The first-order valence-electron chi connectivity index (χ1n) is 8.45. The molecule has 23 heavy (non-hydrogen) atoms. The van der Waals surface area contributed by atoms with Crippen LogP contribution in [0, 0.1) is 5.92 Å². The van der Waals surface area contributed by atoms with E-state index in [2.05, 4.69) is 10.6 Å². The molecule has 1 saturated carbocycles. The maximum absolute atomic E-state index is 11.9. The molecule has 6 nitrogen and oxygen atoms in total. The Balaban J connectivity index is 2.54. The molecule has 3 atom stereocenters. The van der Waals surface area contributed by atoms with E-state index < -0.39 is 5.60 Å². The van der Waals surface area contributed by atoms with Gasteiger partial charge in [-0.05, 0) is 52.4 Å². The van der Waals surface area contributed by atoms with Crippen molar-refractivity contribution in [3.8, 4) is 0 Å². The van der Waals surface area contributed by atoms with Crippen LogP contribution in [0.5, 0.6) is 0 Å². The highest BCUT2D eigenvalue weighted by molar-refractivity contribution is 5.76. The summed E-state index contributed by atoms with van der Waals surface area (Å²) in [5.41, 5.74) is -0.496. The molecule has 2 N–H and O–H groups in total. The van der Waals surface area contributed by atoms with E-state index in [4.69, 9.17) is 9.47 Å². The van der Waals surface area contributed by atoms with Gasteiger partial charge in [0.25, 0.3) is 0 Å². The first kappa shape index (κ1) is 19.7. The SMILES string of the molecule is COC(=O)C(NC1CCCC(NC(=O)OC(C)(C)C)C1)C(C)C. The molecule has 1 aliphatic rings. The number of carbonyl (C=O) groups is 2. The summed E-state index contributed by atoms with van der Waals surface area (Å²) in [6, 6.07) is -0.0537. The van der Waals surface area contributed by atoms with Gasteiger partial charge >= 0.3 is 12.1 Å². The van der Waals surface area contributed by atoms with Crippen LogP contribution in [0.3, 0.4) is 0 Å². The molecule has 0 aromatic rings. The van der Waals surface area contributed by atoms with E-state index in [1.807, 2.05) is 34.6 Å². The zero-order valence-electron chi connectivity index (χ0n) is 15.3. The van der Waals surface area contributed by atoms with E-state index in [-0.39, 0.29) is 36.1 Å². The van der Waals surface area contributed by atoms with Crippen molar-refractivity contribution in [1.82, 2.24) is 10.6 Å².